The average Bonchev–Trinajstić information content (AvgIpc) is 2.87. The molecular formula is C14H12ClFN2S. The molecule has 98 valence electrons. The van der Waals surface area contributed by atoms with Crippen LogP contribution in [0.2, 0.25) is 5.15 Å². The van der Waals surface area contributed by atoms with Crippen LogP contribution in [0.1, 0.15) is 23.5 Å². The van der Waals surface area contributed by atoms with Crippen molar-refractivity contribution >= 4 is 23.4 Å². The molecule has 2 nitrogen and oxygen atoms in total. The highest BCUT2D eigenvalue weighted by molar-refractivity contribution is 7.98. The average molecular weight is 295 g/mol. The van der Waals surface area contributed by atoms with Crippen LogP contribution in [0.4, 0.5) is 4.39 Å². The van der Waals surface area contributed by atoms with E-state index in [1.165, 1.54) is 12.1 Å². The van der Waals surface area contributed by atoms with E-state index in [1.807, 2.05) is 0 Å². The van der Waals surface area contributed by atoms with Gasteiger partial charge in [-0.3, -0.25) is 0 Å². The Morgan fingerprint density at radius 3 is 2.74 bits per heavy atom. The van der Waals surface area contributed by atoms with Crippen molar-refractivity contribution in [1.82, 2.24) is 9.97 Å². The molecule has 0 bridgehead atoms. The van der Waals surface area contributed by atoms with Crippen LogP contribution in [0.25, 0.3) is 0 Å². The summed E-state index contributed by atoms with van der Waals surface area (Å²) >= 11 is 7.75. The van der Waals surface area contributed by atoms with E-state index in [2.05, 4.69) is 9.97 Å². The summed E-state index contributed by atoms with van der Waals surface area (Å²) in [6, 6.07) is 6.43. The van der Waals surface area contributed by atoms with Crippen molar-refractivity contribution in [2.45, 2.75) is 29.9 Å². The molecule has 0 amide bonds. The highest BCUT2D eigenvalue weighted by Gasteiger charge is 2.18. The van der Waals surface area contributed by atoms with Gasteiger partial charge in [0.05, 0.1) is 5.75 Å². The highest BCUT2D eigenvalue weighted by atomic mass is 35.5. The molecule has 1 aromatic carbocycles. The summed E-state index contributed by atoms with van der Waals surface area (Å²) in [7, 11) is 0. The largest absolute Gasteiger partial charge is 0.237 e. The van der Waals surface area contributed by atoms with Crippen molar-refractivity contribution in [1.29, 1.82) is 0 Å². The molecule has 0 fully saturated rings. The number of fused-ring (bicyclic) bond motifs is 1. The Morgan fingerprint density at radius 2 is 1.95 bits per heavy atom. The highest BCUT2D eigenvalue weighted by Crippen LogP contribution is 2.28. The van der Waals surface area contributed by atoms with E-state index in [9.17, 15) is 4.39 Å². The molecule has 0 aliphatic heterocycles. The predicted molar refractivity (Wildman–Crippen MR) is 75.0 cm³/mol. The second-order valence-electron chi connectivity index (χ2n) is 4.45. The number of thioether (sulfide) groups is 1. The number of hydrogen-bond donors (Lipinski definition) is 0. The Morgan fingerprint density at radius 1 is 1.16 bits per heavy atom. The van der Waals surface area contributed by atoms with Crippen molar-refractivity contribution in [3.8, 4) is 0 Å². The summed E-state index contributed by atoms with van der Waals surface area (Å²) in [6.07, 6.45) is 3.09. The molecule has 19 heavy (non-hydrogen) atoms. The number of benzene rings is 1. The van der Waals surface area contributed by atoms with Gasteiger partial charge in [0.1, 0.15) is 16.8 Å². The third-order valence-electron chi connectivity index (χ3n) is 3.11. The van der Waals surface area contributed by atoms with Crippen molar-refractivity contribution in [3.05, 3.63) is 52.3 Å². The van der Waals surface area contributed by atoms with Gasteiger partial charge in [-0.2, -0.15) is 0 Å². The Hall–Kier alpha value is -1.13. The summed E-state index contributed by atoms with van der Waals surface area (Å²) in [4.78, 5) is 9.89. The van der Waals surface area contributed by atoms with E-state index in [1.54, 1.807) is 23.9 Å². The van der Waals surface area contributed by atoms with E-state index in [4.69, 9.17) is 11.6 Å². The number of nitrogens with zero attached hydrogens (tertiary/aromatic N) is 2. The van der Waals surface area contributed by atoms with Crippen molar-refractivity contribution in [2.75, 3.05) is 0 Å². The molecule has 1 aliphatic rings. The van der Waals surface area contributed by atoms with Crippen LogP contribution < -0.4 is 0 Å². The number of hydrogen-bond acceptors (Lipinski definition) is 3. The quantitative estimate of drug-likeness (QED) is 0.631. The minimum atomic E-state index is -0.221. The van der Waals surface area contributed by atoms with E-state index in [0.29, 0.717) is 10.9 Å². The van der Waals surface area contributed by atoms with Gasteiger partial charge in [0.25, 0.3) is 0 Å². The van der Waals surface area contributed by atoms with Crippen LogP contribution in [0.5, 0.6) is 0 Å². The molecule has 0 N–H and O–H groups in total. The maximum Gasteiger partial charge on any atom is 0.140 e. The number of rotatable bonds is 3. The van der Waals surface area contributed by atoms with Gasteiger partial charge < -0.3 is 0 Å². The topological polar surface area (TPSA) is 25.8 Å². The summed E-state index contributed by atoms with van der Waals surface area (Å²) in [5, 5.41) is 0.595. The number of halogens is 2. The standard InChI is InChI=1S/C14H12ClFN2S/c15-14-11-2-1-3-12(11)17-13(18-14)8-19-10-6-4-9(16)5-7-10/h4-7H,1-3,8H2. The molecule has 0 spiro atoms. The molecule has 1 aromatic heterocycles. The third kappa shape index (κ3) is 2.90. The zero-order chi connectivity index (χ0) is 13.2. The van der Waals surface area contributed by atoms with E-state index >= 15 is 0 Å². The zero-order valence-electron chi connectivity index (χ0n) is 10.2. The Bertz CT molecular complexity index is 601. The maximum absolute atomic E-state index is 12.8. The van der Waals surface area contributed by atoms with Gasteiger partial charge in [0.15, 0.2) is 0 Å². The van der Waals surface area contributed by atoms with Crippen LogP contribution in [0.3, 0.4) is 0 Å². The first kappa shape index (κ1) is 12.9. The van der Waals surface area contributed by atoms with Gasteiger partial charge in [-0.25, -0.2) is 14.4 Å². The third-order valence-corrected chi connectivity index (χ3v) is 4.43. The van der Waals surface area contributed by atoms with Crippen LogP contribution in [-0.4, -0.2) is 9.97 Å². The molecule has 0 saturated carbocycles. The monoisotopic (exact) mass is 294 g/mol. The molecule has 5 heteroatoms. The first-order valence-electron chi connectivity index (χ1n) is 6.15. The summed E-state index contributed by atoms with van der Waals surface area (Å²) in [5.41, 5.74) is 2.20. The summed E-state index contributed by atoms with van der Waals surface area (Å²) < 4.78 is 12.8. The molecule has 0 unspecified atom stereocenters. The van der Waals surface area contributed by atoms with E-state index in [-0.39, 0.29) is 5.82 Å². The van der Waals surface area contributed by atoms with E-state index in [0.717, 1.165) is 41.2 Å². The molecule has 1 heterocycles. The second-order valence-corrected chi connectivity index (χ2v) is 5.86. The van der Waals surface area contributed by atoms with Crippen LogP contribution in [0, 0.1) is 5.82 Å². The number of aryl methyl sites for hydroxylation is 1. The van der Waals surface area contributed by atoms with Gasteiger partial charge >= 0.3 is 0 Å². The number of aromatic nitrogens is 2. The molecule has 2 aromatic rings. The minimum absolute atomic E-state index is 0.221. The smallest absolute Gasteiger partial charge is 0.140 e. The van der Waals surface area contributed by atoms with E-state index < -0.39 is 0 Å². The van der Waals surface area contributed by atoms with Gasteiger partial charge in [0.2, 0.25) is 0 Å². The predicted octanol–water partition coefficient (Wildman–Crippen LogP) is 4.05. The van der Waals surface area contributed by atoms with Gasteiger partial charge in [0, 0.05) is 16.2 Å². The molecule has 3 rings (SSSR count). The Kier molecular flexibility index (Phi) is 3.71. The van der Waals surface area contributed by atoms with Crippen LogP contribution in [0.15, 0.2) is 29.2 Å². The lowest BCUT2D eigenvalue weighted by Gasteiger charge is -2.05. The Balaban J connectivity index is 1.73. The lowest BCUT2D eigenvalue weighted by atomic mass is 10.3. The molecule has 0 atom stereocenters. The fourth-order valence-electron chi connectivity index (χ4n) is 2.18. The first-order valence-corrected chi connectivity index (χ1v) is 7.51. The van der Waals surface area contributed by atoms with Crippen molar-refractivity contribution in [2.24, 2.45) is 0 Å². The second kappa shape index (κ2) is 5.47. The zero-order valence-corrected chi connectivity index (χ0v) is 11.8. The van der Waals surface area contributed by atoms with Gasteiger partial charge in [-0.1, -0.05) is 11.6 Å². The van der Waals surface area contributed by atoms with Gasteiger partial charge in [-0.05, 0) is 43.5 Å². The minimum Gasteiger partial charge on any atom is -0.237 e. The van der Waals surface area contributed by atoms with Crippen molar-refractivity contribution < 1.29 is 4.39 Å². The first-order chi connectivity index (χ1) is 9.22. The molecule has 1 aliphatic carbocycles. The molecule has 0 saturated heterocycles. The Labute approximate surface area is 120 Å². The SMILES string of the molecule is Fc1ccc(SCc2nc(Cl)c3c(n2)CCC3)cc1. The van der Waals surface area contributed by atoms with Crippen LogP contribution in [-0.2, 0) is 18.6 Å². The fraction of sp³-hybridized carbons (Fsp3) is 0.286. The lowest BCUT2D eigenvalue weighted by Crippen LogP contribution is -1.99. The molecular weight excluding hydrogens is 283 g/mol. The summed E-state index contributed by atoms with van der Waals surface area (Å²) in [5.74, 6) is 1.18. The van der Waals surface area contributed by atoms with Crippen LogP contribution >= 0.6 is 23.4 Å². The fourth-order valence-corrected chi connectivity index (χ4v) is 3.23. The normalized spacial score (nSPS) is 13.6. The summed E-state index contributed by atoms with van der Waals surface area (Å²) in [6.45, 7) is 0. The van der Waals surface area contributed by atoms with Gasteiger partial charge in [-0.15, -0.1) is 11.8 Å². The lowest BCUT2D eigenvalue weighted by molar-refractivity contribution is 0.626. The molecule has 0 radical (unpaired) electrons. The van der Waals surface area contributed by atoms with Crippen molar-refractivity contribution in [3.63, 3.8) is 0 Å². The maximum atomic E-state index is 12.8.